The minimum absolute atomic E-state index is 0.0510. The van der Waals surface area contributed by atoms with Crippen molar-refractivity contribution in [3.05, 3.63) is 69.5 Å². The van der Waals surface area contributed by atoms with Gasteiger partial charge in [0.2, 0.25) is 5.43 Å². The average Bonchev–Trinajstić information content (AvgIpc) is 2.58. The van der Waals surface area contributed by atoms with E-state index in [9.17, 15) is 9.59 Å². The zero-order valence-corrected chi connectivity index (χ0v) is 13.9. The van der Waals surface area contributed by atoms with E-state index in [1.165, 1.54) is 6.20 Å². The minimum atomic E-state index is -0.481. The monoisotopic (exact) mass is 342 g/mol. The van der Waals surface area contributed by atoms with Crippen LogP contribution in [0.25, 0.3) is 10.9 Å². The van der Waals surface area contributed by atoms with Gasteiger partial charge in [-0.25, -0.2) is 0 Å². The van der Waals surface area contributed by atoms with Gasteiger partial charge < -0.3 is 14.6 Å². The summed E-state index contributed by atoms with van der Waals surface area (Å²) in [5.74, 6) is 0.136. The summed E-state index contributed by atoms with van der Waals surface area (Å²) in [6.07, 6.45) is 1.52. The summed E-state index contributed by atoms with van der Waals surface area (Å²) >= 11 is 5.98. The lowest BCUT2D eigenvalue weighted by Crippen LogP contribution is -2.23. The molecule has 0 aliphatic carbocycles. The summed E-state index contributed by atoms with van der Waals surface area (Å²) in [5.41, 5.74) is 0.955. The van der Waals surface area contributed by atoms with Gasteiger partial charge in [0.25, 0.3) is 5.91 Å². The molecule has 0 saturated carbocycles. The molecule has 0 unspecified atom stereocenters. The first-order valence-corrected chi connectivity index (χ1v) is 7.61. The predicted molar refractivity (Wildman–Crippen MR) is 95.1 cm³/mol. The molecule has 0 spiro atoms. The number of ether oxygens (including phenoxy) is 1. The number of halogens is 1. The molecule has 0 atom stereocenters. The highest BCUT2D eigenvalue weighted by atomic mass is 35.5. The number of carbonyl (C=O) groups excluding carboxylic acids is 1. The van der Waals surface area contributed by atoms with Gasteiger partial charge in [0.1, 0.15) is 11.3 Å². The largest absolute Gasteiger partial charge is 0.497 e. The topological polar surface area (TPSA) is 60.3 Å². The molecule has 3 aromatic rings. The second kappa shape index (κ2) is 6.37. The molecule has 1 N–H and O–H groups in total. The molecule has 5 nitrogen and oxygen atoms in total. The number of aryl methyl sites for hydroxylation is 1. The van der Waals surface area contributed by atoms with E-state index in [-0.39, 0.29) is 11.0 Å². The van der Waals surface area contributed by atoms with Crippen molar-refractivity contribution in [2.75, 3.05) is 12.4 Å². The molecule has 1 amide bonds. The van der Waals surface area contributed by atoms with Crippen LogP contribution in [0, 0.1) is 0 Å². The lowest BCUT2D eigenvalue weighted by molar-refractivity contribution is 0.102. The third-order valence-corrected chi connectivity index (χ3v) is 3.96. The zero-order chi connectivity index (χ0) is 17.3. The Balaban J connectivity index is 2.03. The molecule has 6 heteroatoms. The van der Waals surface area contributed by atoms with Crippen LogP contribution in [0.15, 0.2) is 53.5 Å². The number of pyridine rings is 1. The van der Waals surface area contributed by atoms with Crippen LogP contribution in [0.2, 0.25) is 5.02 Å². The van der Waals surface area contributed by atoms with Gasteiger partial charge in [0.15, 0.2) is 0 Å². The highest BCUT2D eigenvalue weighted by Crippen LogP contribution is 2.19. The zero-order valence-electron chi connectivity index (χ0n) is 13.2. The highest BCUT2D eigenvalue weighted by molar-refractivity contribution is 6.31. The van der Waals surface area contributed by atoms with E-state index < -0.39 is 5.91 Å². The maximum absolute atomic E-state index is 12.6. The van der Waals surface area contributed by atoms with Crippen molar-refractivity contribution in [2.45, 2.75) is 0 Å². The summed E-state index contributed by atoms with van der Waals surface area (Å²) in [6, 6.07) is 12.0. The fourth-order valence-electron chi connectivity index (χ4n) is 2.53. The van der Waals surface area contributed by atoms with Gasteiger partial charge in [-0.3, -0.25) is 9.59 Å². The van der Waals surface area contributed by atoms with E-state index in [1.54, 1.807) is 61.2 Å². The van der Waals surface area contributed by atoms with Gasteiger partial charge in [-0.05, 0) is 30.3 Å². The first-order valence-electron chi connectivity index (χ1n) is 7.24. The van der Waals surface area contributed by atoms with E-state index >= 15 is 0 Å². The van der Waals surface area contributed by atoms with Gasteiger partial charge in [-0.2, -0.15) is 0 Å². The van der Waals surface area contributed by atoms with Crippen molar-refractivity contribution < 1.29 is 9.53 Å². The van der Waals surface area contributed by atoms with Gasteiger partial charge in [0, 0.05) is 35.4 Å². The number of nitrogens with one attached hydrogen (secondary N) is 1. The number of hydrogen-bond acceptors (Lipinski definition) is 3. The van der Waals surface area contributed by atoms with Crippen molar-refractivity contribution in [1.82, 2.24) is 4.57 Å². The normalized spacial score (nSPS) is 10.6. The van der Waals surface area contributed by atoms with Crippen LogP contribution in [0.5, 0.6) is 5.75 Å². The molecular formula is C18H15ClN2O3. The van der Waals surface area contributed by atoms with Crippen LogP contribution in [-0.4, -0.2) is 17.6 Å². The Morgan fingerprint density at radius 3 is 2.75 bits per heavy atom. The van der Waals surface area contributed by atoms with Crippen LogP contribution in [-0.2, 0) is 7.05 Å². The third-order valence-electron chi connectivity index (χ3n) is 3.72. The van der Waals surface area contributed by atoms with Crippen LogP contribution in [0.4, 0.5) is 5.69 Å². The first kappa shape index (κ1) is 16.1. The van der Waals surface area contributed by atoms with Gasteiger partial charge in [-0.1, -0.05) is 17.7 Å². The van der Waals surface area contributed by atoms with E-state index in [0.717, 1.165) is 0 Å². The molecule has 0 aliphatic rings. The highest BCUT2D eigenvalue weighted by Gasteiger charge is 2.15. The Labute approximate surface area is 143 Å². The lowest BCUT2D eigenvalue weighted by Gasteiger charge is -2.10. The summed E-state index contributed by atoms with van der Waals surface area (Å²) in [7, 11) is 3.32. The Morgan fingerprint density at radius 1 is 1.21 bits per heavy atom. The van der Waals surface area contributed by atoms with E-state index in [1.807, 2.05) is 0 Å². The fraction of sp³-hybridized carbons (Fsp3) is 0.111. The summed E-state index contributed by atoms with van der Waals surface area (Å²) in [5, 5.41) is 3.57. The van der Waals surface area contributed by atoms with Crippen LogP contribution in [0.3, 0.4) is 0 Å². The number of benzene rings is 2. The molecule has 3 rings (SSSR count). The molecular weight excluding hydrogens is 328 g/mol. The number of amides is 1. The van der Waals surface area contributed by atoms with Crippen molar-refractivity contribution in [1.29, 1.82) is 0 Å². The number of carbonyl (C=O) groups is 1. The Morgan fingerprint density at radius 2 is 2.00 bits per heavy atom. The number of aromatic nitrogens is 1. The fourth-order valence-corrected chi connectivity index (χ4v) is 2.70. The smallest absolute Gasteiger partial charge is 0.261 e. The van der Waals surface area contributed by atoms with Crippen molar-refractivity contribution in [3.63, 3.8) is 0 Å². The second-order valence-corrected chi connectivity index (χ2v) is 5.77. The molecule has 0 bridgehead atoms. The molecule has 0 fully saturated rings. The minimum Gasteiger partial charge on any atom is -0.497 e. The maximum atomic E-state index is 12.6. The quantitative estimate of drug-likeness (QED) is 0.793. The lowest BCUT2D eigenvalue weighted by atomic mass is 10.1. The van der Waals surface area contributed by atoms with Crippen LogP contribution >= 0.6 is 11.6 Å². The van der Waals surface area contributed by atoms with Gasteiger partial charge >= 0.3 is 0 Å². The maximum Gasteiger partial charge on any atom is 0.261 e. The molecule has 0 saturated heterocycles. The van der Waals surface area contributed by atoms with Crippen molar-refractivity contribution in [2.24, 2.45) is 7.05 Å². The SMILES string of the molecule is COc1cccc(NC(=O)c2cn(C)c3ccc(Cl)cc3c2=O)c1. The summed E-state index contributed by atoms with van der Waals surface area (Å²) in [4.78, 5) is 25.1. The molecule has 1 aromatic heterocycles. The number of methoxy groups -OCH3 is 1. The average molecular weight is 343 g/mol. The molecule has 0 radical (unpaired) electrons. The van der Waals surface area contributed by atoms with E-state index in [4.69, 9.17) is 16.3 Å². The Kier molecular flexibility index (Phi) is 4.27. The molecule has 122 valence electrons. The molecule has 1 heterocycles. The predicted octanol–water partition coefficient (Wildman–Crippen LogP) is 3.45. The Hall–Kier alpha value is -2.79. The van der Waals surface area contributed by atoms with Crippen molar-refractivity contribution in [3.8, 4) is 5.75 Å². The summed E-state index contributed by atoms with van der Waals surface area (Å²) in [6.45, 7) is 0. The summed E-state index contributed by atoms with van der Waals surface area (Å²) < 4.78 is 6.85. The number of hydrogen-bond donors (Lipinski definition) is 1. The standard InChI is InChI=1S/C18H15ClN2O3/c1-21-10-15(17(22)14-8-11(19)6-7-16(14)21)18(23)20-12-4-3-5-13(9-12)24-2/h3-10H,1-2H3,(H,20,23). The van der Waals surface area contributed by atoms with E-state index in [0.29, 0.717) is 27.4 Å². The molecule has 24 heavy (non-hydrogen) atoms. The number of nitrogens with zero attached hydrogens (tertiary/aromatic N) is 1. The van der Waals surface area contributed by atoms with Crippen LogP contribution < -0.4 is 15.5 Å². The number of anilines is 1. The van der Waals surface area contributed by atoms with Crippen LogP contribution in [0.1, 0.15) is 10.4 Å². The molecule has 2 aromatic carbocycles. The number of rotatable bonds is 3. The number of fused-ring (bicyclic) bond motifs is 1. The van der Waals surface area contributed by atoms with Crippen molar-refractivity contribution >= 4 is 34.1 Å². The molecule has 0 aliphatic heterocycles. The van der Waals surface area contributed by atoms with E-state index in [2.05, 4.69) is 5.32 Å². The Bertz CT molecular complexity index is 995. The van der Waals surface area contributed by atoms with Gasteiger partial charge in [0.05, 0.1) is 12.6 Å². The second-order valence-electron chi connectivity index (χ2n) is 5.33. The van der Waals surface area contributed by atoms with Gasteiger partial charge in [-0.15, -0.1) is 0 Å². The first-order chi connectivity index (χ1) is 11.5. The third kappa shape index (κ3) is 2.98.